The van der Waals surface area contributed by atoms with Crippen LogP contribution < -0.4 is 9.62 Å². The molecule has 230 valence electrons. The number of carbonyl (C=O) groups excluding carboxylic acids is 2. The monoisotopic (exact) mass is 635 g/mol. The molecule has 2 unspecified atom stereocenters. The fourth-order valence-corrected chi connectivity index (χ4v) is 6.18. The maximum Gasteiger partial charge on any atom is 0.264 e. The van der Waals surface area contributed by atoms with Gasteiger partial charge in [0.05, 0.1) is 10.6 Å². The van der Waals surface area contributed by atoms with Gasteiger partial charge in [-0.15, -0.1) is 0 Å². The van der Waals surface area contributed by atoms with Gasteiger partial charge in [0.1, 0.15) is 18.4 Å². The lowest BCUT2D eigenvalue weighted by Crippen LogP contribution is -2.54. The summed E-state index contributed by atoms with van der Waals surface area (Å²) in [7, 11) is -4.30. The van der Waals surface area contributed by atoms with Crippen LogP contribution in [0.5, 0.6) is 0 Å². The highest BCUT2D eigenvalue weighted by Crippen LogP contribution is 2.25. The highest BCUT2D eigenvalue weighted by Gasteiger charge is 2.35. The minimum absolute atomic E-state index is 0.0284. The topological polar surface area (TPSA) is 86.8 Å². The molecule has 0 aliphatic heterocycles. The second-order valence-corrected chi connectivity index (χ2v) is 12.8. The van der Waals surface area contributed by atoms with E-state index in [9.17, 15) is 22.4 Å². The number of para-hydroxylation sites is 1. The van der Waals surface area contributed by atoms with Crippen LogP contribution >= 0.6 is 11.6 Å². The molecule has 0 saturated carbocycles. The molecule has 0 heterocycles. The van der Waals surface area contributed by atoms with Gasteiger partial charge in [-0.05, 0) is 73.0 Å². The molecule has 2 amide bonds. The second kappa shape index (κ2) is 15.0. The SMILES string of the molecule is CCC(C)NC(=O)C(Cc1ccccc1)N(Cc1ccc(Cl)cc1)C(=O)CN(c1ccccc1)S(=O)(=O)c1ccc(F)cc1. The summed E-state index contributed by atoms with van der Waals surface area (Å²) >= 11 is 6.12. The zero-order valence-corrected chi connectivity index (χ0v) is 26.1. The van der Waals surface area contributed by atoms with Crippen molar-refractivity contribution in [1.82, 2.24) is 10.2 Å². The van der Waals surface area contributed by atoms with Gasteiger partial charge in [0, 0.05) is 24.0 Å². The fraction of sp³-hybridized carbons (Fsp3) is 0.235. The zero-order chi connectivity index (χ0) is 31.7. The van der Waals surface area contributed by atoms with Crippen molar-refractivity contribution in [2.24, 2.45) is 0 Å². The Kier molecular flexibility index (Phi) is 11.1. The average Bonchev–Trinajstić information content (AvgIpc) is 3.03. The van der Waals surface area contributed by atoms with Crippen molar-refractivity contribution in [2.45, 2.75) is 50.2 Å². The smallest absolute Gasteiger partial charge is 0.264 e. The maximum atomic E-state index is 14.4. The number of carbonyl (C=O) groups is 2. The first-order valence-electron chi connectivity index (χ1n) is 14.3. The normalized spacial score (nSPS) is 12.6. The Morgan fingerprint density at radius 1 is 0.841 bits per heavy atom. The molecular formula is C34H35ClFN3O4S. The Bertz CT molecular complexity index is 1640. The lowest BCUT2D eigenvalue weighted by atomic mass is 10.0. The van der Waals surface area contributed by atoms with E-state index in [-0.39, 0.29) is 35.5 Å². The van der Waals surface area contributed by atoms with Gasteiger partial charge < -0.3 is 10.2 Å². The van der Waals surface area contributed by atoms with Gasteiger partial charge >= 0.3 is 0 Å². The molecule has 0 aromatic heterocycles. The van der Waals surface area contributed by atoms with Crippen molar-refractivity contribution in [2.75, 3.05) is 10.8 Å². The molecule has 0 saturated heterocycles. The summed E-state index contributed by atoms with van der Waals surface area (Å²) < 4.78 is 42.5. The third kappa shape index (κ3) is 8.45. The zero-order valence-electron chi connectivity index (χ0n) is 24.6. The Morgan fingerprint density at radius 2 is 1.43 bits per heavy atom. The number of amides is 2. The van der Waals surface area contributed by atoms with Gasteiger partial charge in [0.2, 0.25) is 11.8 Å². The Balaban J connectivity index is 1.78. The van der Waals surface area contributed by atoms with Crippen LogP contribution in [0.25, 0.3) is 0 Å². The van der Waals surface area contributed by atoms with Gasteiger partial charge in [0.15, 0.2) is 0 Å². The fourth-order valence-electron chi connectivity index (χ4n) is 4.64. The molecule has 2 atom stereocenters. The molecule has 0 spiro atoms. The van der Waals surface area contributed by atoms with Crippen LogP contribution in [-0.2, 0) is 32.6 Å². The Labute approximate surface area is 263 Å². The van der Waals surface area contributed by atoms with Crippen molar-refractivity contribution in [3.05, 3.63) is 131 Å². The van der Waals surface area contributed by atoms with Crippen molar-refractivity contribution in [1.29, 1.82) is 0 Å². The van der Waals surface area contributed by atoms with E-state index in [0.717, 1.165) is 34.1 Å². The van der Waals surface area contributed by atoms with Crippen LogP contribution in [0.15, 0.2) is 114 Å². The molecule has 0 fully saturated rings. The summed E-state index contributed by atoms with van der Waals surface area (Å²) in [5, 5.41) is 3.52. The van der Waals surface area contributed by atoms with E-state index in [4.69, 9.17) is 11.6 Å². The number of benzene rings is 4. The van der Waals surface area contributed by atoms with Gasteiger partial charge in [-0.1, -0.05) is 79.2 Å². The third-order valence-electron chi connectivity index (χ3n) is 7.26. The molecule has 44 heavy (non-hydrogen) atoms. The van der Waals surface area contributed by atoms with E-state index in [0.29, 0.717) is 17.0 Å². The van der Waals surface area contributed by atoms with E-state index in [2.05, 4.69) is 5.32 Å². The lowest BCUT2D eigenvalue weighted by molar-refractivity contribution is -0.140. The van der Waals surface area contributed by atoms with E-state index in [1.807, 2.05) is 44.2 Å². The van der Waals surface area contributed by atoms with Crippen molar-refractivity contribution in [3.63, 3.8) is 0 Å². The van der Waals surface area contributed by atoms with E-state index in [1.54, 1.807) is 54.6 Å². The third-order valence-corrected chi connectivity index (χ3v) is 9.30. The Morgan fingerprint density at radius 3 is 2.02 bits per heavy atom. The summed E-state index contributed by atoms with van der Waals surface area (Å²) in [4.78, 5) is 29.4. The highest BCUT2D eigenvalue weighted by molar-refractivity contribution is 7.92. The van der Waals surface area contributed by atoms with Crippen molar-refractivity contribution >= 4 is 39.1 Å². The molecule has 4 rings (SSSR count). The molecule has 4 aromatic carbocycles. The number of nitrogens with one attached hydrogen (secondary N) is 1. The lowest BCUT2D eigenvalue weighted by Gasteiger charge is -2.34. The Hall–Kier alpha value is -4.21. The summed E-state index contributed by atoms with van der Waals surface area (Å²) in [5.74, 6) is -1.52. The van der Waals surface area contributed by atoms with Gasteiger partial charge in [-0.25, -0.2) is 12.8 Å². The number of rotatable bonds is 13. The summed E-state index contributed by atoms with van der Waals surface area (Å²) in [6.45, 7) is 3.26. The minimum atomic E-state index is -4.30. The number of halogens is 2. The van der Waals surface area contributed by atoms with Crippen molar-refractivity contribution < 1.29 is 22.4 Å². The van der Waals surface area contributed by atoms with Crippen molar-refractivity contribution in [3.8, 4) is 0 Å². The quantitative estimate of drug-likeness (QED) is 0.189. The van der Waals surface area contributed by atoms with Gasteiger partial charge in [-0.3, -0.25) is 13.9 Å². The highest BCUT2D eigenvalue weighted by atomic mass is 35.5. The standard InChI is InChI=1S/C34H35ClFN3O4S/c1-3-25(2)37-34(41)32(22-26-10-6-4-7-11-26)38(23-27-14-16-28(35)17-15-27)33(40)24-39(30-12-8-5-9-13-30)44(42,43)31-20-18-29(36)19-21-31/h4-21,25,32H,3,22-24H2,1-2H3,(H,37,41). The first-order valence-corrected chi connectivity index (χ1v) is 16.1. The maximum absolute atomic E-state index is 14.4. The van der Waals surface area contributed by atoms with E-state index >= 15 is 0 Å². The summed E-state index contributed by atoms with van der Waals surface area (Å²) in [6.07, 6.45) is 0.894. The number of nitrogens with zero attached hydrogens (tertiary/aromatic N) is 2. The predicted octanol–water partition coefficient (Wildman–Crippen LogP) is 6.23. The van der Waals surface area contributed by atoms with E-state index < -0.39 is 34.3 Å². The van der Waals surface area contributed by atoms with Crippen LogP contribution in [-0.4, -0.2) is 43.8 Å². The number of sulfonamides is 1. The number of hydrogen-bond donors (Lipinski definition) is 1. The molecule has 0 aliphatic carbocycles. The van der Waals surface area contributed by atoms with Crippen LogP contribution in [0.4, 0.5) is 10.1 Å². The molecular weight excluding hydrogens is 601 g/mol. The molecule has 7 nitrogen and oxygen atoms in total. The summed E-state index contributed by atoms with van der Waals surface area (Å²) in [6, 6.07) is 27.8. The largest absolute Gasteiger partial charge is 0.352 e. The predicted molar refractivity (Wildman–Crippen MR) is 171 cm³/mol. The molecule has 1 N–H and O–H groups in total. The van der Waals surface area contributed by atoms with Crippen LogP contribution in [0.3, 0.4) is 0 Å². The van der Waals surface area contributed by atoms with E-state index in [1.165, 1.54) is 4.90 Å². The van der Waals surface area contributed by atoms with Gasteiger partial charge in [0.25, 0.3) is 10.0 Å². The van der Waals surface area contributed by atoms with Crippen LogP contribution in [0, 0.1) is 5.82 Å². The average molecular weight is 636 g/mol. The molecule has 10 heteroatoms. The van der Waals surface area contributed by atoms with Crippen LogP contribution in [0.2, 0.25) is 5.02 Å². The number of anilines is 1. The first kappa shape index (κ1) is 32.7. The minimum Gasteiger partial charge on any atom is -0.352 e. The van der Waals surface area contributed by atoms with Crippen LogP contribution in [0.1, 0.15) is 31.4 Å². The number of hydrogen-bond acceptors (Lipinski definition) is 4. The second-order valence-electron chi connectivity index (χ2n) is 10.5. The molecule has 0 radical (unpaired) electrons. The molecule has 0 aliphatic rings. The molecule has 4 aromatic rings. The summed E-state index contributed by atoms with van der Waals surface area (Å²) in [5.41, 5.74) is 1.80. The molecule has 0 bridgehead atoms. The first-order chi connectivity index (χ1) is 21.1. The van der Waals surface area contributed by atoms with Gasteiger partial charge in [-0.2, -0.15) is 0 Å².